The highest BCUT2D eigenvalue weighted by molar-refractivity contribution is 5.77. The van der Waals surface area contributed by atoms with E-state index < -0.39 is 0 Å². The fourth-order valence-electron chi connectivity index (χ4n) is 3.47. The van der Waals surface area contributed by atoms with Crippen LogP contribution in [0, 0.1) is 5.41 Å². The number of likely N-dealkylation sites (tertiary alicyclic amines) is 1. The van der Waals surface area contributed by atoms with Gasteiger partial charge in [0.1, 0.15) is 0 Å². The van der Waals surface area contributed by atoms with Crippen molar-refractivity contribution < 1.29 is 14.3 Å². The van der Waals surface area contributed by atoms with Gasteiger partial charge in [0.05, 0.1) is 12.0 Å². The summed E-state index contributed by atoms with van der Waals surface area (Å²) < 4.78 is 12.5. The Kier molecular flexibility index (Phi) is 7.24. The number of carbonyl (C=O) groups excluding carboxylic acids is 1. The molecule has 1 aromatic rings. The third-order valence-corrected chi connectivity index (χ3v) is 5.21. The predicted octanol–water partition coefficient (Wildman–Crippen LogP) is 2.34. The van der Waals surface area contributed by atoms with E-state index in [-0.39, 0.29) is 11.4 Å². The van der Waals surface area contributed by atoms with Crippen LogP contribution in [-0.2, 0) is 20.8 Å². The Hall–Kier alpha value is -1.40. The minimum atomic E-state index is -0.371. The molecule has 1 fully saturated rings. The maximum atomic E-state index is 12.5. The Morgan fingerprint density at radius 2 is 2.12 bits per heavy atom. The number of piperidine rings is 1. The molecule has 6 nitrogen and oxygen atoms in total. The summed E-state index contributed by atoms with van der Waals surface area (Å²) >= 11 is 0. The number of esters is 1. The van der Waals surface area contributed by atoms with Gasteiger partial charge in [0.25, 0.3) is 0 Å². The van der Waals surface area contributed by atoms with E-state index >= 15 is 0 Å². The number of nitrogens with zero attached hydrogens (tertiary/aromatic N) is 3. The molecule has 1 saturated heterocycles. The monoisotopic (exact) mass is 337 g/mol. The van der Waals surface area contributed by atoms with E-state index in [1.54, 1.807) is 7.11 Å². The quantitative estimate of drug-likeness (QED) is 0.648. The number of hydrogen-bond acceptors (Lipinski definition) is 5. The lowest BCUT2D eigenvalue weighted by molar-refractivity contribution is -0.160. The van der Waals surface area contributed by atoms with Crippen LogP contribution >= 0.6 is 0 Å². The molecular formula is C18H31N3O3. The molecule has 1 unspecified atom stereocenters. The molecule has 0 aliphatic carbocycles. The lowest BCUT2D eigenvalue weighted by Crippen LogP contribution is -2.48. The van der Waals surface area contributed by atoms with Crippen molar-refractivity contribution in [3.8, 4) is 0 Å². The molecule has 136 valence electrons. The van der Waals surface area contributed by atoms with E-state index in [9.17, 15) is 4.79 Å². The van der Waals surface area contributed by atoms with Crippen molar-refractivity contribution in [1.29, 1.82) is 0 Å². The van der Waals surface area contributed by atoms with Crippen LogP contribution in [0.5, 0.6) is 0 Å². The van der Waals surface area contributed by atoms with Gasteiger partial charge < -0.3 is 14.4 Å². The average Bonchev–Trinajstić information content (AvgIpc) is 3.12. The van der Waals surface area contributed by atoms with Crippen molar-refractivity contribution in [2.24, 2.45) is 5.41 Å². The maximum absolute atomic E-state index is 12.5. The molecule has 2 heterocycles. The van der Waals surface area contributed by atoms with Gasteiger partial charge in [-0.1, -0.05) is 0 Å². The zero-order valence-electron chi connectivity index (χ0n) is 15.2. The van der Waals surface area contributed by atoms with Gasteiger partial charge in [0, 0.05) is 38.7 Å². The molecule has 1 aliphatic heterocycles. The normalized spacial score (nSPS) is 19.1. The van der Waals surface area contributed by atoms with Crippen LogP contribution in [0.15, 0.2) is 18.5 Å². The van der Waals surface area contributed by atoms with Crippen molar-refractivity contribution >= 4 is 5.97 Å². The van der Waals surface area contributed by atoms with Gasteiger partial charge in [0.2, 0.25) is 0 Å². The fraction of sp³-hybridized carbons (Fsp3) is 0.778. The summed E-state index contributed by atoms with van der Waals surface area (Å²) in [5.74, 6) is -0.0501. The first-order chi connectivity index (χ1) is 11.6. The van der Waals surface area contributed by atoms with Gasteiger partial charge in [-0.25, -0.2) is 0 Å². The summed E-state index contributed by atoms with van der Waals surface area (Å²) in [7, 11) is 1.69. The summed E-state index contributed by atoms with van der Waals surface area (Å²) in [4.78, 5) is 15.0. The number of ether oxygens (including phenoxy) is 2. The van der Waals surface area contributed by atoms with Crippen molar-refractivity contribution in [3.63, 3.8) is 0 Å². The fourth-order valence-corrected chi connectivity index (χ4v) is 3.47. The summed E-state index contributed by atoms with van der Waals surface area (Å²) in [6.45, 7) is 7.97. The summed E-state index contributed by atoms with van der Waals surface area (Å²) in [5.41, 5.74) is -0.371. The predicted molar refractivity (Wildman–Crippen MR) is 92.7 cm³/mol. The SMILES string of the molecule is CCOC(=O)C1(CCOC)CCN(C(C)CCn2cccn2)CC1. The van der Waals surface area contributed by atoms with Crippen molar-refractivity contribution in [3.05, 3.63) is 18.5 Å². The van der Waals surface area contributed by atoms with E-state index in [0.29, 0.717) is 19.3 Å². The Bertz CT molecular complexity index is 482. The van der Waals surface area contributed by atoms with E-state index in [4.69, 9.17) is 9.47 Å². The molecule has 0 amide bonds. The highest BCUT2D eigenvalue weighted by Gasteiger charge is 2.42. The van der Waals surface area contributed by atoms with Gasteiger partial charge in [-0.2, -0.15) is 5.10 Å². The second-order valence-electron chi connectivity index (χ2n) is 6.69. The number of methoxy groups -OCH3 is 1. The molecule has 1 aliphatic rings. The Morgan fingerprint density at radius 1 is 1.38 bits per heavy atom. The third kappa shape index (κ3) is 4.80. The Labute approximate surface area is 145 Å². The lowest BCUT2D eigenvalue weighted by atomic mass is 9.75. The summed E-state index contributed by atoms with van der Waals surface area (Å²) in [5, 5.41) is 4.26. The zero-order valence-corrected chi connectivity index (χ0v) is 15.2. The van der Waals surface area contributed by atoms with Crippen LogP contribution in [0.25, 0.3) is 0 Å². The number of carbonyl (C=O) groups is 1. The van der Waals surface area contributed by atoms with E-state index in [0.717, 1.165) is 45.3 Å². The first-order valence-electron chi connectivity index (χ1n) is 8.99. The van der Waals surface area contributed by atoms with Gasteiger partial charge in [-0.15, -0.1) is 0 Å². The molecule has 0 radical (unpaired) electrons. The molecule has 0 spiro atoms. The number of aromatic nitrogens is 2. The molecule has 6 heteroatoms. The topological polar surface area (TPSA) is 56.6 Å². The van der Waals surface area contributed by atoms with Gasteiger partial charge in [-0.05, 0) is 58.7 Å². The smallest absolute Gasteiger partial charge is 0.312 e. The Morgan fingerprint density at radius 3 is 2.71 bits per heavy atom. The van der Waals surface area contributed by atoms with Crippen molar-refractivity contribution in [1.82, 2.24) is 14.7 Å². The van der Waals surface area contributed by atoms with Crippen LogP contribution in [0.2, 0.25) is 0 Å². The van der Waals surface area contributed by atoms with Gasteiger partial charge in [0.15, 0.2) is 0 Å². The summed E-state index contributed by atoms with van der Waals surface area (Å²) in [6, 6.07) is 2.44. The van der Waals surface area contributed by atoms with Crippen LogP contribution in [-0.4, -0.2) is 60.1 Å². The number of aryl methyl sites for hydroxylation is 1. The number of rotatable bonds is 9. The third-order valence-electron chi connectivity index (χ3n) is 5.21. The molecule has 0 saturated carbocycles. The summed E-state index contributed by atoms with van der Waals surface area (Å²) in [6.07, 6.45) is 7.32. The van der Waals surface area contributed by atoms with Gasteiger partial charge in [-0.3, -0.25) is 9.48 Å². The molecule has 0 aromatic carbocycles. The van der Waals surface area contributed by atoms with E-state index in [2.05, 4.69) is 16.9 Å². The largest absolute Gasteiger partial charge is 0.466 e. The Balaban J connectivity index is 1.87. The first kappa shape index (κ1) is 18.9. The first-order valence-corrected chi connectivity index (χ1v) is 8.99. The zero-order chi connectivity index (χ0) is 17.4. The lowest BCUT2D eigenvalue weighted by Gasteiger charge is -2.42. The van der Waals surface area contributed by atoms with Crippen LogP contribution in [0.1, 0.15) is 39.5 Å². The minimum absolute atomic E-state index is 0.0501. The van der Waals surface area contributed by atoms with E-state index in [1.165, 1.54) is 0 Å². The molecule has 1 atom stereocenters. The minimum Gasteiger partial charge on any atom is -0.466 e. The number of hydrogen-bond donors (Lipinski definition) is 0. The highest BCUT2D eigenvalue weighted by Crippen LogP contribution is 2.37. The van der Waals surface area contributed by atoms with Crippen molar-refractivity contribution in [2.45, 2.75) is 52.1 Å². The average molecular weight is 337 g/mol. The molecule has 1 aromatic heterocycles. The molecular weight excluding hydrogens is 306 g/mol. The molecule has 0 bridgehead atoms. The van der Waals surface area contributed by atoms with Crippen LogP contribution in [0.4, 0.5) is 0 Å². The van der Waals surface area contributed by atoms with Crippen LogP contribution < -0.4 is 0 Å². The second kappa shape index (κ2) is 9.18. The highest BCUT2D eigenvalue weighted by atomic mass is 16.5. The van der Waals surface area contributed by atoms with Crippen LogP contribution in [0.3, 0.4) is 0 Å². The van der Waals surface area contributed by atoms with Gasteiger partial charge >= 0.3 is 5.97 Å². The standard InChI is InChI=1S/C18H31N3O3/c1-4-24-17(22)18(9-15-23-3)7-13-20(14-8-18)16(2)6-12-21-11-5-10-19-21/h5,10-11,16H,4,6-9,12-15H2,1-3H3. The molecule has 2 rings (SSSR count). The van der Waals surface area contributed by atoms with E-state index in [1.807, 2.05) is 30.1 Å². The van der Waals surface area contributed by atoms with Crippen molar-refractivity contribution in [2.75, 3.05) is 33.4 Å². The molecule has 0 N–H and O–H groups in total. The maximum Gasteiger partial charge on any atom is 0.312 e. The molecule has 24 heavy (non-hydrogen) atoms. The second-order valence-corrected chi connectivity index (χ2v) is 6.69.